The van der Waals surface area contributed by atoms with Crippen molar-refractivity contribution in [2.75, 3.05) is 20.2 Å². The van der Waals surface area contributed by atoms with Crippen LogP contribution in [-0.2, 0) is 4.79 Å². The van der Waals surface area contributed by atoms with Gasteiger partial charge < -0.3 is 14.7 Å². The second kappa shape index (κ2) is 6.70. The van der Waals surface area contributed by atoms with Crippen LogP contribution in [0.1, 0.15) is 32.4 Å². The maximum Gasteiger partial charge on any atom is 0.263 e. The third kappa shape index (κ3) is 3.28. The van der Waals surface area contributed by atoms with Crippen LogP contribution in [0.15, 0.2) is 24.3 Å². The molecule has 0 fully saturated rings. The van der Waals surface area contributed by atoms with Gasteiger partial charge in [-0.3, -0.25) is 4.79 Å². The Labute approximate surface area is 119 Å². The fraction of sp³-hybridized carbons (Fsp3) is 0.533. The predicted octanol–water partition coefficient (Wildman–Crippen LogP) is 2.33. The van der Waals surface area contributed by atoms with Crippen molar-refractivity contribution < 1.29 is 19.0 Å². The number of benzene rings is 1. The van der Waals surface area contributed by atoms with Gasteiger partial charge in [-0.05, 0) is 38.5 Å². The SMILES string of the molecule is CCN(CC)C(=O)C(C)(F)C(O)c1ccc(OC)cc1. The molecule has 5 heteroatoms. The van der Waals surface area contributed by atoms with Crippen LogP contribution < -0.4 is 4.74 Å². The highest BCUT2D eigenvalue weighted by Gasteiger charge is 2.43. The predicted molar refractivity (Wildman–Crippen MR) is 75.4 cm³/mol. The monoisotopic (exact) mass is 283 g/mol. The molecule has 1 N–H and O–H groups in total. The summed E-state index contributed by atoms with van der Waals surface area (Å²) < 4.78 is 19.7. The van der Waals surface area contributed by atoms with Gasteiger partial charge in [0.2, 0.25) is 5.67 Å². The van der Waals surface area contributed by atoms with Gasteiger partial charge in [-0.25, -0.2) is 4.39 Å². The number of hydrogen-bond donors (Lipinski definition) is 1. The molecule has 2 atom stereocenters. The zero-order valence-electron chi connectivity index (χ0n) is 12.4. The molecule has 0 spiro atoms. The Hall–Kier alpha value is -1.62. The second-order valence-corrected chi connectivity index (χ2v) is 4.73. The molecule has 112 valence electrons. The second-order valence-electron chi connectivity index (χ2n) is 4.73. The first kappa shape index (κ1) is 16.4. The molecule has 2 unspecified atom stereocenters. The summed E-state index contributed by atoms with van der Waals surface area (Å²) in [6, 6.07) is 6.35. The molecule has 0 aromatic heterocycles. The summed E-state index contributed by atoms with van der Waals surface area (Å²) in [6.07, 6.45) is -1.51. The van der Waals surface area contributed by atoms with Crippen LogP contribution >= 0.6 is 0 Å². The molecule has 0 radical (unpaired) electrons. The summed E-state index contributed by atoms with van der Waals surface area (Å²) in [5, 5.41) is 10.2. The van der Waals surface area contributed by atoms with E-state index in [1.165, 1.54) is 12.0 Å². The minimum Gasteiger partial charge on any atom is -0.497 e. The van der Waals surface area contributed by atoms with E-state index in [9.17, 15) is 14.3 Å². The molecule has 1 aromatic carbocycles. The van der Waals surface area contributed by atoms with E-state index >= 15 is 0 Å². The van der Waals surface area contributed by atoms with Crippen LogP contribution in [0, 0.1) is 0 Å². The van der Waals surface area contributed by atoms with Crippen molar-refractivity contribution in [2.45, 2.75) is 32.5 Å². The van der Waals surface area contributed by atoms with E-state index in [1.54, 1.807) is 38.1 Å². The first-order valence-corrected chi connectivity index (χ1v) is 6.68. The number of amides is 1. The number of methoxy groups -OCH3 is 1. The molecule has 1 amide bonds. The van der Waals surface area contributed by atoms with Crippen molar-refractivity contribution in [1.29, 1.82) is 0 Å². The molecule has 0 bridgehead atoms. The van der Waals surface area contributed by atoms with Crippen molar-refractivity contribution >= 4 is 5.91 Å². The topological polar surface area (TPSA) is 49.8 Å². The lowest BCUT2D eigenvalue weighted by molar-refractivity contribution is -0.150. The van der Waals surface area contributed by atoms with Crippen molar-refractivity contribution in [3.63, 3.8) is 0 Å². The Balaban J connectivity index is 2.97. The lowest BCUT2D eigenvalue weighted by Gasteiger charge is -2.31. The molecule has 0 aliphatic heterocycles. The van der Waals surface area contributed by atoms with Crippen molar-refractivity contribution in [2.24, 2.45) is 0 Å². The van der Waals surface area contributed by atoms with E-state index in [-0.39, 0.29) is 0 Å². The quantitative estimate of drug-likeness (QED) is 0.871. The number of nitrogens with zero attached hydrogens (tertiary/aromatic N) is 1. The first-order valence-electron chi connectivity index (χ1n) is 6.68. The van der Waals surface area contributed by atoms with Gasteiger partial charge in [-0.15, -0.1) is 0 Å². The van der Waals surface area contributed by atoms with Gasteiger partial charge in [0.05, 0.1) is 7.11 Å². The summed E-state index contributed by atoms with van der Waals surface area (Å²) in [5.41, 5.74) is -2.02. The fourth-order valence-electron chi connectivity index (χ4n) is 2.04. The molecule has 0 aliphatic rings. The van der Waals surface area contributed by atoms with Gasteiger partial charge in [0.1, 0.15) is 11.9 Å². The molecule has 1 aromatic rings. The van der Waals surface area contributed by atoms with Crippen LogP contribution in [0.25, 0.3) is 0 Å². The third-order valence-corrected chi connectivity index (χ3v) is 3.41. The number of carbonyl (C=O) groups is 1. The van der Waals surface area contributed by atoms with E-state index in [1.807, 2.05) is 0 Å². The summed E-state index contributed by atoms with van der Waals surface area (Å²) in [6.45, 7) is 5.48. The molecule has 0 saturated heterocycles. The fourth-order valence-corrected chi connectivity index (χ4v) is 2.04. The Morgan fingerprint density at radius 1 is 1.35 bits per heavy atom. The van der Waals surface area contributed by atoms with Crippen LogP contribution in [0.4, 0.5) is 4.39 Å². The van der Waals surface area contributed by atoms with Crippen molar-refractivity contribution in [1.82, 2.24) is 4.90 Å². The standard InChI is InChI=1S/C15H22FNO3/c1-5-17(6-2)14(19)15(3,16)13(18)11-7-9-12(20-4)10-8-11/h7-10,13,18H,5-6H2,1-4H3. The summed E-state index contributed by atoms with van der Waals surface area (Å²) >= 11 is 0. The highest BCUT2D eigenvalue weighted by Crippen LogP contribution is 2.32. The molecule has 0 saturated carbocycles. The Bertz CT molecular complexity index is 441. The van der Waals surface area contributed by atoms with Crippen LogP contribution in [0.5, 0.6) is 5.75 Å². The lowest BCUT2D eigenvalue weighted by Crippen LogP contribution is -2.47. The van der Waals surface area contributed by atoms with Gasteiger partial charge in [0.15, 0.2) is 0 Å². The third-order valence-electron chi connectivity index (χ3n) is 3.41. The minimum absolute atomic E-state index is 0.344. The first-order chi connectivity index (χ1) is 9.38. The van der Waals surface area contributed by atoms with Gasteiger partial charge in [0, 0.05) is 13.1 Å². The van der Waals surface area contributed by atoms with E-state index in [0.717, 1.165) is 6.92 Å². The van der Waals surface area contributed by atoms with Gasteiger partial charge >= 0.3 is 0 Å². The zero-order valence-corrected chi connectivity index (χ0v) is 12.4. The number of hydrogen-bond acceptors (Lipinski definition) is 3. The highest BCUT2D eigenvalue weighted by atomic mass is 19.1. The van der Waals surface area contributed by atoms with E-state index in [0.29, 0.717) is 24.4 Å². The molecular formula is C15H22FNO3. The Kier molecular flexibility index (Phi) is 5.51. The molecular weight excluding hydrogens is 261 g/mol. The van der Waals surface area contributed by atoms with Crippen LogP contribution in [0.3, 0.4) is 0 Å². The highest BCUT2D eigenvalue weighted by molar-refractivity contribution is 5.85. The average Bonchev–Trinajstić information content (AvgIpc) is 2.47. The molecule has 1 rings (SSSR count). The molecule has 0 aliphatic carbocycles. The lowest BCUT2D eigenvalue weighted by atomic mass is 9.93. The number of halogens is 1. The van der Waals surface area contributed by atoms with Crippen LogP contribution in [-0.4, -0.2) is 41.8 Å². The molecule has 4 nitrogen and oxygen atoms in total. The van der Waals surface area contributed by atoms with E-state index in [2.05, 4.69) is 0 Å². The van der Waals surface area contributed by atoms with E-state index < -0.39 is 17.7 Å². The number of aliphatic hydroxyl groups excluding tert-OH is 1. The van der Waals surface area contributed by atoms with Crippen LogP contribution in [0.2, 0.25) is 0 Å². The largest absolute Gasteiger partial charge is 0.497 e. The van der Waals surface area contributed by atoms with Gasteiger partial charge in [-0.1, -0.05) is 12.1 Å². The average molecular weight is 283 g/mol. The summed E-state index contributed by atoms with van der Waals surface area (Å²) in [4.78, 5) is 13.5. The van der Waals surface area contributed by atoms with Crippen molar-refractivity contribution in [3.05, 3.63) is 29.8 Å². The molecule has 20 heavy (non-hydrogen) atoms. The summed E-state index contributed by atoms with van der Waals surface area (Å²) in [7, 11) is 1.52. The van der Waals surface area contributed by atoms with Crippen molar-refractivity contribution in [3.8, 4) is 5.75 Å². The van der Waals surface area contributed by atoms with Gasteiger partial charge in [0.25, 0.3) is 5.91 Å². The van der Waals surface area contributed by atoms with Gasteiger partial charge in [-0.2, -0.15) is 0 Å². The number of aliphatic hydroxyl groups is 1. The smallest absolute Gasteiger partial charge is 0.263 e. The number of carbonyl (C=O) groups excluding carboxylic acids is 1. The summed E-state index contributed by atoms with van der Waals surface area (Å²) in [5.74, 6) is -0.0950. The molecule has 0 heterocycles. The minimum atomic E-state index is -2.36. The zero-order chi connectivity index (χ0) is 15.3. The maximum atomic E-state index is 14.7. The van der Waals surface area contributed by atoms with E-state index in [4.69, 9.17) is 4.74 Å². The number of alkyl halides is 1. The number of rotatable bonds is 6. The Morgan fingerprint density at radius 3 is 2.25 bits per heavy atom. The Morgan fingerprint density at radius 2 is 1.85 bits per heavy atom. The maximum absolute atomic E-state index is 14.7. The normalized spacial score (nSPS) is 15.3. The number of ether oxygens (including phenoxy) is 1.